The lowest BCUT2D eigenvalue weighted by atomic mass is 10.0. The molecule has 0 radical (unpaired) electrons. The number of rotatable bonds is 7. The van der Waals surface area contributed by atoms with Crippen molar-refractivity contribution in [3.8, 4) is 17.7 Å². The highest BCUT2D eigenvalue weighted by molar-refractivity contribution is 7.99. The maximum absolute atomic E-state index is 11.6. The molecule has 1 heterocycles. The second-order valence-corrected chi connectivity index (χ2v) is 6.10. The summed E-state index contributed by atoms with van der Waals surface area (Å²) in [5.41, 5.74) is 2.80. The molecule has 0 aliphatic carbocycles. The second-order valence-electron chi connectivity index (χ2n) is 5.23. The standard InChI is InChI=1S/C18H20N4O2S/c1-4-14-15(10-19)18(22-21-16(14)5-2)24-13-8-6-12(7-9-13)20-17(23)11-25-3/h6-9H,4-5,11H2,1-3H3,(H,20,23). The molecule has 0 aliphatic rings. The van der Waals surface area contributed by atoms with Crippen molar-refractivity contribution >= 4 is 23.4 Å². The summed E-state index contributed by atoms with van der Waals surface area (Å²) < 4.78 is 5.74. The van der Waals surface area contributed by atoms with Crippen LogP contribution in [0.1, 0.15) is 30.7 Å². The van der Waals surface area contributed by atoms with E-state index in [1.165, 1.54) is 11.8 Å². The van der Waals surface area contributed by atoms with Crippen LogP contribution in [0.2, 0.25) is 0 Å². The lowest BCUT2D eigenvalue weighted by Gasteiger charge is -2.11. The lowest BCUT2D eigenvalue weighted by molar-refractivity contribution is -0.113. The number of nitrogens with one attached hydrogen (secondary N) is 1. The van der Waals surface area contributed by atoms with Crippen molar-refractivity contribution in [2.45, 2.75) is 26.7 Å². The van der Waals surface area contributed by atoms with Gasteiger partial charge in [-0.3, -0.25) is 4.79 Å². The van der Waals surface area contributed by atoms with E-state index < -0.39 is 0 Å². The molecular weight excluding hydrogens is 336 g/mol. The number of hydrogen-bond donors (Lipinski definition) is 1. The van der Waals surface area contributed by atoms with Crippen molar-refractivity contribution in [2.75, 3.05) is 17.3 Å². The Morgan fingerprint density at radius 1 is 1.24 bits per heavy atom. The lowest BCUT2D eigenvalue weighted by Crippen LogP contribution is -2.13. The molecule has 0 saturated carbocycles. The summed E-state index contributed by atoms with van der Waals surface area (Å²) in [6.07, 6.45) is 3.28. The Balaban J connectivity index is 2.20. The molecule has 0 aliphatic heterocycles. The molecule has 1 aromatic carbocycles. The molecule has 1 amide bonds. The van der Waals surface area contributed by atoms with Gasteiger partial charge in [0.05, 0.1) is 11.4 Å². The topological polar surface area (TPSA) is 87.9 Å². The van der Waals surface area contributed by atoms with Gasteiger partial charge in [0.15, 0.2) is 0 Å². The first kappa shape index (κ1) is 18.7. The van der Waals surface area contributed by atoms with Crippen LogP contribution in [0.4, 0.5) is 5.69 Å². The van der Waals surface area contributed by atoms with Gasteiger partial charge in [-0.2, -0.15) is 22.1 Å². The zero-order chi connectivity index (χ0) is 18.2. The van der Waals surface area contributed by atoms with Crippen molar-refractivity contribution in [3.63, 3.8) is 0 Å². The quantitative estimate of drug-likeness (QED) is 0.816. The molecule has 2 rings (SSSR count). The monoisotopic (exact) mass is 356 g/mol. The molecule has 0 bridgehead atoms. The molecule has 0 unspecified atom stereocenters. The van der Waals surface area contributed by atoms with Crippen molar-refractivity contribution in [3.05, 3.63) is 41.1 Å². The van der Waals surface area contributed by atoms with E-state index in [1.807, 2.05) is 20.1 Å². The molecule has 2 aromatic rings. The first-order valence-corrected chi connectivity index (χ1v) is 9.37. The third-order valence-corrected chi connectivity index (χ3v) is 4.10. The summed E-state index contributed by atoms with van der Waals surface area (Å²) in [7, 11) is 0. The fourth-order valence-electron chi connectivity index (χ4n) is 2.39. The second kappa shape index (κ2) is 9.04. The molecule has 1 N–H and O–H groups in total. The number of nitrogens with zero attached hydrogens (tertiary/aromatic N) is 3. The maximum atomic E-state index is 11.6. The predicted octanol–water partition coefficient (Wildman–Crippen LogP) is 3.57. The summed E-state index contributed by atoms with van der Waals surface area (Å²) >= 11 is 1.46. The third-order valence-electron chi connectivity index (χ3n) is 3.55. The van der Waals surface area contributed by atoms with E-state index in [2.05, 4.69) is 21.6 Å². The van der Waals surface area contributed by atoms with E-state index in [4.69, 9.17) is 4.74 Å². The van der Waals surface area contributed by atoms with Gasteiger partial charge >= 0.3 is 0 Å². The summed E-state index contributed by atoms with van der Waals surface area (Å²) in [5, 5.41) is 20.5. The van der Waals surface area contributed by atoms with Gasteiger partial charge in [-0.1, -0.05) is 13.8 Å². The smallest absolute Gasteiger partial charge is 0.257 e. The molecule has 130 valence electrons. The first-order chi connectivity index (χ1) is 12.1. The highest BCUT2D eigenvalue weighted by Gasteiger charge is 2.16. The van der Waals surface area contributed by atoms with Crippen molar-refractivity contribution < 1.29 is 9.53 Å². The number of thioether (sulfide) groups is 1. The molecule has 6 nitrogen and oxygen atoms in total. The molecule has 0 fully saturated rings. The van der Waals surface area contributed by atoms with Gasteiger partial charge in [0.25, 0.3) is 5.88 Å². The van der Waals surface area contributed by atoms with E-state index in [-0.39, 0.29) is 11.8 Å². The van der Waals surface area contributed by atoms with E-state index in [0.29, 0.717) is 29.2 Å². The van der Waals surface area contributed by atoms with Crippen LogP contribution in [-0.2, 0) is 17.6 Å². The Kier molecular flexibility index (Phi) is 6.78. The van der Waals surface area contributed by atoms with Crippen molar-refractivity contribution in [2.24, 2.45) is 0 Å². The summed E-state index contributed by atoms with van der Waals surface area (Å²) in [6, 6.07) is 9.10. The van der Waals surface area contributed by atoms with Crippen LogP contribution in [0.3, 0.4) is 0 Å². The van der Waals surface area contributed by atoms with Crippen LogP contribution >= 0.6 is 11.8 Å². The van der Waals surface area contributed by atoms with E-state index in [1.54, 1.807) is 24.3 Å². The Morgan fingerprint density at radius 2 is 1.96 bits per heavy atom. The number of ether oxygens (including phenoxy) is 1. The molecule has 1 aromatic heterocycles. The fraction of sp³-hybridized carbons (Fsp3) is 0.333. The van der Waals surface area contributed by atoms with Gasteiger partial charge in [-0.05, 0) is 48.9 Å². The van der Waals surface area contributed by atoms with Crippen LogP contribution in [0.25, 0.3) is 0 Å². The number of carbonyl (C=O) groups is 1. The molecule has 0 saturated heterocycles. The van der Waals surface area contributed by atoms with Crippen molar-refractivity contribution in [1.82, 2.24) is 10.2 Å². The Hall–Kier alpha value is -2.59. The number of aromatic nitrogens is 2. The van der Waals surface area contributed by atoms with Crippen molar-refractivity contribution in [1.29, 1.82) is 5.26 Å². The summed E-state index contributed by atoms with van der Waals surface area (Å²) in [5.74, 6) is 1.08. The average molecular weight is 356 g/mol. The molecule has 0 spiro atoms. The number of hydrogen-bond acceptors (Lipinski definition) is 6. The van der Waals surface area contributed by atoms with Crippen LogP contribution in [-0.4, -0.2) is 28.1 Å². The third kappa shape index (κ3) is 4.70. The Bertz CT molecular complexity index is 785. The number of aryl methyl sites for hydroxylation is 1. The van der Waals surface area contributed by atoms with E-state index >= 15 is 0 Å². The molecule has 7 heteroatoms. The normalized spacial score (nSPS) is 10.2. The number of amides is 1. The van der Waals surface area contributed by atoms with Gasteiger partial charge in [-0.25, -0.2) is 0 Å². The number of carbonyl (C=O) groups excluding carboxylic acids is 1. The highest BCUT2D eigenvalue weighted by atomic mass is 32.2. The molecular formula is C18H20N4O2S. The largest absolute Gasteiger partial charge is 0.437 e. The van der Waals surface area contributed by atoms with Crippen LogP contribution in [0, 0.1) is 11.3 Å². The predicted molar refractivity (Wildman–Crippen MR) is 99.0 cm³/mol. The maximum Gasteiger partial charge on any atom is 0.257 e. The van der Waals surface area contributed by atoms with E-state index in [0.717, 1.165) is 17.7 Å². The molecule has 25 heavy (non-hydrogen) atoms. The minimum Gasteiger partial charge on any atom is -0.437 e. The Labute approximate surface area is 151 Å². The summed E-state index contributed by atoms with van der Waals surface area (Å²) in [4.78, 5) is 11.6. The van der Waals surface area contributed by atoms with Gasteiger partial charge in [0, 0.05) is 5.69 Å². The van der Waals surface area contributed by atoms with E-state index in [9.17, 15) is 10.1 Å². The SMILES string of the molecule is CCc1nnc(Oc2ccc(NC(=O)CSC)cc2)c(C#N)c1CC. The zero-order valence-corrected chi connectivity index (χ0v) is 15.3. The van der Waals surface area contributed by atoms with Crippen LogP contribution in [0.5, 0.6) is 11.6 Å². The van der Waals surface area contributed by atoms with Crippen LogP contribution in [0.15, 0.2) is 24.3 Å². The van der Waals surface area contributed by atoms with Gasteiger partial charge < -0.3 is 10.1 Å². The Morgan fingerprint density at radius 3 is 2.52 bits per heavy atom. The minimum atomic E-state index is -0.0541. The number of anilines is 1. The zero-order valence-electron chi connectivity index (χ0n) is 14.5. The number of benzene rings is 1. The highest BCUT2D eigenvalue weighted by Crippen LogP contribution is 2.27. The average Bonchev–Trinajstić information content (AvgIpc) is 2.62. The van der Waals surface area contributed by atoms with Gasteiger partial charge in [0.2, 0.25) is 5.91 Å². The minimum absolute atomic E-state index is 0.0541. The first-order valence-electron chi connectivity index (χ1n) is 7.98. The molecule has 0 atom stereocenters. The van der Waals surface area contributed by atoms with Crippen LogP contribution < -0.4 is 10.1 Å². The number of nitriles is 1. The van der Waals surface area contributed by atoms with Gasteiger partial charge in [-0.15, -0.1) is 5.10 Å². The summed E-state index contributed by atoms with van der Waals surface area (Å²) in [6.45, 7) is 3.96. The van der Waals surface area contributed by atoms with Gasteiger partial charge in [0.1, 0.15) is 17.4 Å². The fourth-order valence-corrected chi connectivity index (χ4v) is 2.72.